The fourth-order valence-electron chi connectivity index (χ4n) is 4.90. The summed E-state index contributed by atoms with van der Waals surface area (Å²) in [7, 11) is 1.63. The van der Waals surface area contributed by atoms with Crippen LogP contribution in [0.15, 0.2) is 60.7 Å². The number of benzene rings is 3. The zero-order chi connectivity index (χ0) is 25.2. The van der Waals surface area contributed by atoms with Crippen LogP contribution in [0.25, 0.3) is 10.8 Å². The topological polar surface area (TPSA) is 35.9 Å². The first-order valence-electron chi connectivity index (χ1n) is 12.4. The summed E-state index contributed by atoms with van der Waals surface area (Å²) in [6.45, 7) is 7.22. The molecule has 1 saturated heterocycles. The first-order chi connectivity index (χ1) is 17.1. The average molecular weight is 609 g/mol. The minimum Gasteiger partial charge on any atom is -0.495 e. The Hall–Kier alpha value is -1.38. The van der Waals surface area contributed by atoms with Gasteiger partial charge in [0.1, 0.15) is 5.75 Å². The third-order valence-electron chi connectivity index (χ3n) is 6.85. The first-order valence-corrected chi connectivity index (χ1v) is 15.0. The molecule has 4 nitrogen and oxygen atoms in total. The maximum atomic E-state index is 11.5. The highest BCUT2D eigenvalue weighted by Gasteiger charge is 2.30. The molecule has 0 radical (unpaired) electrons. The number of rotatable bonds is 9. The van der Waals surface area contributed by atoms with Gasteiger partial charge in [-0.05, 0) is 40.0 Å². The lowest BCUT2D eigenvalue weighted by Gasteiger charge is -2.41. The van der Waals surface area contributed by atoms with E-state index >= 15 is 0 Å². The summed E-state index contributed by atoms with van der Waals surface area (Å²) in [4.78, 5) is 6.98. The molecule has 0 aromatic heterocycles. The second kappa shape index (κ2) is 14.4. The lowest BCUT2D eigenvalue weighted by molar-refractivity contribution is 0.0113. The van der Waals surface area contributed by atoms with Gasteiger partial charge in [0, 0.05) is 44.2 Å². The Labute approximate surface area is 229 Å². The van der Waals surface area contributed by atoms with Crippen molar-refractivity contribution in [3.05, 3.63) is 76.8 Å². The van der Waals surface area contributed by atoms with Crippen LogP contribution in [0, 0.1) is 0 Å². The summed E-state index contributed by atoms with van der Waals surface area (Å²) < 4.78 is 5.35. The van der Waals surface area contributed by atoms with E-state index in [-0.39, 0.29) is 6.04 Å². The van der Waals surface area contributed by atoms with Gasteiger partial charge in [0.15, 0.2) is 0 Å². The standard InChI is InChI=1S/C28H35ClN2O2.CH3I/c1-3-4-10-25(31-17-15-30(16-18-31)20-21-8-6-5-7-9-21)28(32)23-11-13-24-22(19-23)12-14-26(33-2)27(24)29;1-2/h5-9,11-14,19,25,28,32H,3-4,10,15-18,20H2,1-2H3;1H3. The third kappa shape index (κ3) is 7.32. The van der Waals surface area contributed by atoms with Gasteiger partial charge in [0.25, 0.3) is 0 Å². The molecule has 190 valence electrons. The van der Waals surface area contributed by atoms with Crippen LogP contribution >= 0.6 is 34.2 Å². The van der Waals surface area contributed by atoms with Gasteiger partial charge in [0.05, 0.1) is 18.2 Å². The summed E-state index contributed by atoms with van der Waals surface area (Å²) in [5.41, 5.74) is 2.32. The van der Waals surface area contributed by atoms with Crippen molar-refractivity contribution in [3.8, 4) is 5.75 Å². The molecule has 4 rings (SSSR count). The molecule has 1 N–H and O–H groups in total. The van der Waals surface area contributed by atoms with Gasteiger partial charge < -0.3 is 9.84 Å². The molecule has 3 aromatic carbocycles. The van der Waals surface area contributed by atoms with E-state index in [1.54, 1.807) is 7.11 Å². The van der Waals surface area contributed by atoms with Crippen LogP contribution in [0.2, 0.25) is 5.02 Å². The van der Waals surface area contributed by atoms with E-state index in [2.05, 4.69) is 75.7 Å². The molecule has 1 heterocycles. The number of aliphatic hydroxyl groups excluding tert-OH is 1. The number of ether oxygens (including phenoxy) is 1. The molecule has 6 heteroatoms. The van der Waals surface area contributed by atoms with Crippen LogP contribution in [-0.4, -0.2) is 59.2 Å². The number of aliphatic hydroxyl groups is 1. The molecule has 1 aliphatic heterocycles. The molecule has 2 atom stereocenters. The molecule has 1 aliphatic rings. The minimum absolute atomic E-state index is 0.120. The second-order valence-corrected chi connectivity index (χ2v) is 9.39. The van der Waals surface area contributed by atoms with E-state index in [1.165, 1.54) is 5.56 Å². The van der Waals surface area contributed by atoms with Crippen LogP contribution < -0.4 is 4.74 Å². The van der Waals surface area contributed by atoms with Crippen molar-refractivity contribution in [3.63, 3.8) is 0 Å². The fourth-order valence-corrected chi connectivity index (χ4v) is 5.21. The van der Waals surface area contributed by atoms with Crippen molar-refractivity contribution in [1.29, 1.82) is 0 Å². The second-order valence-electron chi connectivity index (χ2n) is 9.01. The molecule has 0 amide bonds. The van der Waals surface area contributed by atoms with E-state index in [4.69, 9.17) is 16.3 Å². The number of alkyl halides is 1. The number of halogens is 2. The fraction of sp³-hybridized carbons (Fsp3) is 0.448. The highest BCUT2D eigenvalue weighted by molar-refractivity contribution is 14.1. The van der Waals surface area contributed by atoms with Gasteiger partial charge in [-0.2, -0.15) is 0 Å². The molecule has 0 bridgehead atoms. The summed E-state index contributed by atoms with van der Waals surface area (Å²) >= 11 is 8.65. The average Bonchev–Trinajstić information content (AvgIpc) is 2.91. The molecule has 0 saturated carbocycles. The highest BCUT2D eigenvalue weighted by Crippen LogP contribution is 2.35. The van der Waals surface area contributed by atoms with Gasteiger partial charge in [-0.1, -0.05) is 102 Å². The quantitative estimate of drug-likeness (QED) is 0.210. The number of unbranched alkanes of at least 4 members (excludes halogenated alkanes) is 1. The number of methoxy groups -OCH3 is 1. The molecule has 2 unspecified atom stereocenters. The summed E-state index contributed by atoms with van der Waals surface area (Å²) in [5.74, 6) is 0.673. The number of fused-ring (bicyclic) bond motifs is 1. The Morgan fingerprint density at radius 3 is 2.37 bits per heavy atom. The molecule has 3 aromatic rings. The van der Waals surface area contributed by atoms with Crippen LogP contribution in [0.4, 0.5) is 0 Å². The summed E-state index contributed by atoms with van der Waals surface area (Å²) in [6, 6.07) is 20.8. The lowest BCUT2D eigenvalue weighted by atomic mass is 9.94. The Balaban J connectivity index is 0.00000167. The zero-order valence-electron chi connectivity index (χ0n) is 21.1. The molecule has 0 spiro atoms. The molecule has 0 aliphatic carbocycles. The number of hydrogen-bond donors (Lipinski definition) is 1. The highest BCUT2D eigenvalue weighted by atomic mass is 127. The smallest absolute Gasteiger partial charge is 0.138 e. The zero-order valence-corrected chi connectivity index (χ0v) is 24.0. The van der Waals surface area contributed by atoms with E-state index in [0.717, 1.165) is 68.3 Å². The maximum Gasteiger partial charge on any atom is 0.138 e. The van der Waals surface area contributed by atoms with Crippen molar-refractivity contribution in [2.45, 2.75) is 44.9 Å². The lowest BCUT2D eigenvalue weighted by Crippen LogP contribution is -2.51. The normalized spacial score (nSPS) is 16.4. The SMILES string of the molecule is CCCCC(C(O)c1ccc2c(Cl)c(OC)ccc2c1)N1CCN(Cc2ccccc2)CC1.CI. The van der Waals surface area contributed by atoms with Crippen LogP contribution in [0.5, 0.6) is 5.75 Å². The van der Waals surface area contributed by atoms with Crippen molar-refractivity contribution in [2.24, 2.45) is 0 Å². The number of nitrogens with zero attached hydrogens (tertiary/aromatic N) is 2. The Morgan fingerprint density at radius 2 is 1.71 bits per heavy atom. The van der Waals surface area contributed by atoms with Gasteiger partial charge in [-0.25, -0.2) is 0 Å². The summed E-state index contributed by atoms with van der Waals surface area (Å²) in [6.07, 6.45) is 2.72. The molecule has 35 heavy (non-hydrogen) atoms. The largest absolute Gasteiger partial charge is 0.495 e. The van der Waals surface area contributed by atoms with Gasteiger partial charge in [-0.3, -0.25) is 9.80 Å². The Bertz CT molecular complexity index is 1040. The van der Waals surface area contributed by atoms with Gasteiger partial charge in [-0.15, -0.1) is 0 Å². The van der Waals surface area contributed by atoms with Crippen LogP contribution in [-0.2, 0) is 6.54 Å². The van der Waals surface area contributed by atoms with Crippen LogP contribution in [0.1, 0.15) is 43.4 Å². The van der Waals surface area contributed by atoms with Gasteiger partial charge >= 0.3 is 0 Å². The van der Waals surface area contributed by atoms with E-state index in [9.17, 15) is 5.11 Å². The molecule has 1 fully saturated rings. The van der Waals surface area contributed by atoms with Crippen LogP contribution in [0.3, 0.4) is 0 Å². The monoisotopic (exact) mass is 608 g/mol. The minimum atomic E-state index is -0.525. The van der Waals surface area contributed by atoms with E-state index in [0.29, 0.717) is 10.8 Å². The molecular weight excluding hydrogens is 571 g/mol. The van der Waals surface area contributed by atoms with Crippen molar-refractivity contribution in [2.75, 3.05) is 38.2 Å². The molecular formula is C29H38ClIN2O2. The number of piperazine rings is 1. The van der Waals surface area contributed by atoms with Gasteiger partial charge in [0.2, 0.25) is 0 Å². The maximum absolute atomic E-state index is 11.5. The van der Waals surface area contributed by atoms with Crippen molar-refractivity contribution in [1.82, 2.24) is 9.80 Å². The predicted molar refractivity (Wildman–Crippen MR) is 157 cm³/mol. The Morgan fingerprint density at radius 1 is 1.00 bits per heavy atom. The van der Waals surface area contributed by atoms with E-state index < -0.39 is 6.10 Å². The van der Waals surface area contributed by atoms with Crippen molar-refractivity contribution < 1.29 is 9.84 Å². The summed E-state index contributed by atoms with van der Waals surface area (Å²) in [5, 5.41) is 14.1. The Kier molecular flexibility index (Phi) is 11.6. The number of hydrogen-bond acceptors (Lipinski definition) is 4. The van der Waals surface area contributed by atoms with Crippen molar-refractivity contribution >= 4 is 45.0 Å². The predicted octanol–water partition coefficient (Wildman–Crippen LogP) is 6.96. The third-order valence-corrected chi connectivity index (χ3v) is 7.24. The van der Waals surface area contributed by atoms with E-state index in [1.807, 2.05) is 29.2 Å². The first kappa shape index (κ1) is 28.2.